The SMILES string of the molecule is CCCN1CC(C(=O)O)n2c(c(-c3cccc(C(F)(F)F)c3)c(Cc3cccc4ccccc34)c(OCc3ccccc3)c2=O)S1(=O)=O. The second kappa shape index (κ2) is 12.9. The molecule has 1 atom stereocenters. The minimum atomic E-state index is -4.78. The van der Waals surface area contributed by atoms with Crippen LogP contribution in [0.1, 0.15) is 41.6 Å². The molecule has 0 amide bonds. The molecule has 1 aliphatic heterocycles. The standard InChI is InChI=1S/C36H31F3N2O6S/c1-2-18-40-21-30(35(43)44)41-33(42)32(47-22-23-10-4-3-5-11-23)29(20-25-14-8-13-24-12-6-7-17-28(24)25)31(34(41)48(40,45)46)26-15-9-16-27(19-26)36(37,38)39/h3-17,19,30H,2,18,20-22H2,1H3,(H,43,44). The van der Waals surface area contributed by atoms with Gasteiger partial charge in [-0.2, -0.15) is 17.5 Å². The van der Waals surface area contributed by atoms with Gasteiger partial charge >= 0.3 is 12.1 Å². The van der Waals surface area contributed by atoms with E-state index in [9.17, 15) is 36.3 Å². The van der Waals surface area contributed by atoms with Crippen LogP contribution in [0, 0.1) is 0 Å². The predicted molar refractivity (Wildman–Crippen MR) is 174 cm³/mol. The maximum atomic E-state index is 14.5. The fourth-order valence-electron chi connectivity index (χ4n) is 6.21. The Bertz CT molecular complexity index is 2180. The van der Waals surface area contributed by atoms with Crippen LogP contribution in [0.4, 0.5) is 13.2 Å². The molecular formula is C36H31F3N2O6S. The molecule has 4 aromatic carbocycles. The smallest absolute Gasteiger partial charge is 0.416 e. The molecule has 248 valence electrons. The Morgan fingerprint density at radius 2 is 1.65 bits per heavy atom. The third-order valence-electron chi connectivity index (χ3n) is 8.40. The lowest BCUT2D eigenvalue weighted by Gasteiger charge is -2.35. The predicted octanol–water partition coefficient (Wildman–Crippen LogP) is 6.90. The van der Waals surface area contributed by atoms with Gasteiger partial charge in [0.1, 0.15) is 12.6 Å². The molecule has 1 aromatic heterocycles. The summed E-state index contributed by atoms with van der Waals surface area (Å²) in [5.74, 6) is -1.81. The highest BCUT2D eigenvalue weighted by atomic mass is 32.2. The summed E-state index contributed by atoms with van der Waals surface area (Å²) < 4.78 is 78.9. The number of carbonyl (C=O) groups is 1. The first-order valence-corrected chi connectivity index (χ1v) is 16.7. The average Bonchev–Trinajstić information content (AvgIpc) is 3.06. The molecule has 0 radical (unpaired) electrons. The van der Waals surface area contributed by atoms with Gasteiger partial charge in [-0.3, -0.25) is 9.36 Å². The minimum absolute atomic E-state index is 0.0314. The van der Waals surface area contributed by atoms with Gasteiger partial charge in [0.15, 0.2) is 10.8 Å². The molecule has 8 nitrogen and oxygen atoms in total. The Balaban J connectivity index is 1.75. The monoisotopic (exact) mass is 676 g/mol. The van der Waals surface area contributed by atoms with Crippen LogP contribution in [-0.2, 0) is 34.0 Å². The number of ether oxygens (including phenoxy) is 1. The van der Waals surface area contributed by atoms with Crippen molar-refractivity contribution in [1.82, 2.24) is 8.87 Å². The molecule has 0 saturated heterocycles. The third kappa shape index (κ3) is 6.09. The Morgan fingerprint density at radius 3 is 2.35 bits per heavy atom. The zero-order chi connectivity index (χ0) is 34.2. The van der Waals surface area contributed by atoms with E-state index in [4.69, 9.17) is 4.74 Å². The van der Waals surface area contributed by atoms with Crippen molar-refractivity contribution in [2.24, 2.45) is 0 Å². The van der Waals surface area contributed by atoms with Crippen molar-refractivity contribution >= 4 is 26.8 Å². The number of rotatable bonds is 9. The first-order valence-electron chi connectivity index (χ1n) is 15.3. The summed E-state index contributed by atoms with van der Waals surface area (Å²) >= 11 is 0. The number of carboxylic acids is 1. The van der Waals surface area contributed by atoms with Gasteiger partial charge in [0.2, 0.25) is 0 Å². The molecule has 0 aliphatic carbocycles. The lowest BCUT2D eigenvalue weighted by molar-refractivity contribution is -0.141. The van der Waals surface area contributed by atoms with Crippen LogP contribution in [0.5, 0.6) is 5.75 Å². The number of fused-ring (bicyclic) bond motifs is 2. The lowest BCUT2D eigenvalue weighted by atomic mass is 9.92. The second-order valence-corrected chi connectivity index (χ2v) is 13.4. The van der Waals surface area contributed by atoms with Crippen molar-refractivity contribution in [2.75, 3.05) is 13.1 Å². The first kappa shape index (κ1) is 33.0. The largest absolute Gasteiger partial charge is 0.483 e. The van der Waals surface area contributed by atoms with E-state index in [1.165, 1.54) is 6.07 Å². The molecule has 0 saturated carbocycles. The molecule has 2 heterocycles. The molecule has 0 spiro atoms. The van der Waals surface area contributed by atoms with Crippen molar-refractivity contribution in [1.29, 1.82) is 0 Å². The van der Waals surface area contributed by atoms with Crippen LogP contribution in [-0.4, -0.2) is 41.5 Å². The van der Waals surface area contributed by atoms with Gasteiger partial charge in [0.25, 0.3) is 15.6 Å². The first-order chi connectivity index (χ1) is 22.9. The molecule has 0 fully saturated rings. The number of sulfonamides is 1. The molecular weight excluding hydrogens is 645 g/mol. The fraction of sp³-hybridized carbons (Fsp3) is 0.222. The third-order valence-corrected chi connectivity index (χ3v) is 10.3. The van der Waals surface area contributed by atoms with Gasteiger partial charge in [-0.15, -0.1) is 0 Å². The molecule has 48 heavy (non-hydrogen) atoms. The van der Waals surface area contributed by atoms with E-state index < -0.39 is 50.9 Å². The summed E-state index contributed by atoms with van der Waals surface area (Å²) in [4.78, 5) is 27.2. The van der Waals surface area contributed by atoms with E-state index in [2.05, 4.69) is 0 Å². The van der Waals surface area contributed by atoms with Gasteiger partial charge in [-0.25, -0.2) is 13.2 Å². The number of pyridine rings is 1. The zero-order valence-electron chi connectivity index (χ0n) is 25.8. The summed E-state index contributed by atoms with van der Waals surface area (Å²) in [6.45, 7) is 0.966. The minimum Gasteiger partial charge on any atom is -0.483 e. The second-order valence-electron chi connectivity index (χ2n) is 11.5. The van der Waals surface area contributed by atoms with Gasteiger partial charge < -0.3 is 9.84 Å². The molecule has 6 rings (SSSR count). The molecule has 0 bridgehead atoms. The lowest BCUT2D eigenvalue weighted by Crippen LogP contribution is -2.50. The van der Waals surface area contributed by atoms with Gasteiger partial charge in [-0.05, 0) is 46.0 Å². The Kier molecular flexibility index (Phi) is 8.88. The van der Waals surface area contributed by atoms with Crippen molar-refractivity contribution < 1.29 is 36.2 Å². The number of benzene rings is 4. The Morgan fingerprint density at radius 1 is 0.958 bits per heavy atom. The topological polar surface area (TPSA) is 106 Å². The number of aromatic nitrogens is 1. The van der Waals surface area contributed by atoms with E-state index in [1.807, 2.05) is 30.3 Å². The average molecular weight is 677 g/mol. The van der Waals surface area contributed by atoms with Crippen molar-refractivity contribution in [3.63, 3.8) is 0 Å². The van der Waals surface area contributed by atoms with E-state index >= 15 is 0 Å². The maximum Gasteiger partial charge on any atom is 0.416 e. The Hall–Kier alpha value is -4.94. The van der Waals surface area contributed by atoms with Crippen molar-refractivity contribution in [3.05, 3.63) is 130 Å². The highest BCUT2D eigenvalue weighted by Crippen LogP contribution is 2.43. The van der Waals surface area contributed by atoms with E-state index in [0.717, 1.165) is 33.3 Å². The van der Waals surface area contributed by atoms with Crippen molar-refractivity contribution in [2.45, 2.75) is 43.6 Å². The van der Waals surface area contributed by atoms with E-state index in [0.29, 0.717) is 22.1 Å². The van der Waals surface area contributed by atoms with Crippen LogP contribution < -0.4 is 10.3 Å². The number of hydrogen-bond donors (Lipinski definition) is 1. The van der Waals surface area contributed by atoms with E-state index in [-0.39, 0.29) is 42.0 Å². The molecule has 1 aliphatic rings. The molecule has 1 unspecified atom stereocenters. The number of carboxylic acid groups (broad SMARTS) is 1. The summed E-state index contributed by atoms with van der Waals surface area (Å²) in [7, 11) is -4.61. The highest BCUT2D eigenvalue weighted by Gasteiger charge is 2.45. The number of aliphatic carboxylic acids is 1. The van der Waals surface area contributed by atoms with Crippen LogP contribution in [0.3, 0.4) is 0 Å². The quantitative estimate of drug-likeness (QED) is 0.182. The Labute approximate surface area is 274 Å². The van der Waals surface area contributed by atoms with Gasteiger partial charge in [0, 0.05) is 30.6 Å². The normalized spacial score (nSPS) is 16.0. The molecule has 12 heteroatoms. The molecule has 1 N–H and O–H groups in total. The zero-order valence-corrected chi connectivity index (χ0v) is 26.6. The number of alkyl halides is 3. The van der Waals surface area contributed by atoms with Crippen molar-refractivity contribution in [3.8, 4) is 16.9 Å². The summed E-state index contributed by atoms with van der Waals surface area (Å²) in [5, 5.41) is 11.3. The summed E-state index contributed by atoms with van der Waals surface area (Å²) in [6, 6.07) is 24.2. The molecule has 5 aromatic rings. The van der Waals surface area contributed by atoms with Crippen LogP contribution in [0.25, 0.3) is 21.9 Å². The van der Waals surface area contributed by atoms with Crippen LogP contribution in [0.15, 0.2) is 107 Å². The fourth-order valence-corrected chi connectivity index (χ4v) is 8.17. The summed E-state index contributed by atoms with van der Waals surface area (Å²) in [6.07, 6.45) is -4.56. The number of halogens is 3. The van der Waals surface area contributed by atoms with Gasteiger partial charge in [-0.1, -0.05) is 91.9 Å². The van der Waals surface area contributed by atoms with Gasteiger partial charge in [0.05, 0.1) is 5.56 Å². The highest BCUT2D eigenvalue weighted by molar-refractivity contribution is 7.89. The maximum absolute atomic E-state index is 14.5. The number of nitrogens with zero attached hydrogens (tertiary/aromatic N) is 2. The summed E-state index contributed by atoms with van der Waals surface area (Å²) in [5.41, 5.74) is -1.07. The van der Waals surface area contributed by atoms with E-state index in [1.54, 1.807) is 49.4 Å². The number of hydrogen-bond acceptors (Lipinski definition) is 5. The van der Waals surface area contributed by atoms with Crippen LogP contribution in [0.2, 0.25) is 0 Å². The van der Waals surface area contributed by atoms with Crippen LogP contribution >= 0.6 is 0 Å².